The summed E-state index contributed by atoms with van der Waals surface area (Å²) in [4.78, 5) is 20.9. The van der Waals surface area contributed by atoms with Gasteiger partial charge in [0.05, 0.1) is 5.92 Å². The van der Waals surface area contributed by atoms with E-state index in [2.05, 4.69) is 4.74 Å². The van der Waals surface area contributed by atoms with E-state index in [0.29, 0.717) is 0 Å². The Bertz CT molecular complexity index is 195. The largest absolute Gasteiger partial charge is 0.481 e. The number of rotatable bonds is 4. The maximum Gasteiger partial charge on any atom is 0.330 e. The van der Waals surface area contributed by atoms with E-state index >= 15 is 0 Å². The Morgan fingerprint density at radius 3 is 2.58 bits per heavy atom. The minimum atomic E-state index is -0.969. The number of carboxylic acid groups (broad SMARTS) is 1. The lowest BCUT2D eigenvalue weighted by Crippen LogP contribution is -2.17. The highest BCUT2D eigenvalue weighted by Crippen LogP contribution is 1.95. The summed E-state index contributed by atoms with van der Waals surface area (Å²) in [6, 6.07) is 0. The first-order chi connectivity index (χ1) is 5.57. The van der Waals surface area contributed by atoms with Crippen molar-refractivity contribution < 1.29 is 19.4 Å². The maximum atomic E-state index is 10.7. The molecule has 4 nitrogen and oxygen atoms in total. The summed E-state index contributed by atoms with van der Waals surface area (Å²) in [5.41, 5.74) is 0. The van der Waals surface area contributed by atoms with E-state index in [4.69, 9.17) is 5.11 Å². The predicted molar refractivity (Wildman–Crippen MR) is 42.6 cm³/mol. The molecule has 1 unspecified atom stereocenters. The number of carbonyl (C=O) groups is 2. The van der Waals surface area contributed by atoms with Gasteiger partial charge in [-0.05, 0) is 13.8 Å². The molecule has 4 heteroatoms. The van der Waals surface area contributed by atoms with Crippen LogP contribution in [0.1, 0.15) is 13.8 Å². The monoisotopic (exact) mass is 172 g/mol. The van der Waals surface area contributed by atoms with Gasteiger partial charge >= 0.3 is 11.9 Å². The van der Waals surface area contributed by atoms with Crippen molar-refractivity contribution in [3.63, 3.8) is 0 Å². The fourth-order valence-corrected chi connectivity index (χ4v) is 0.463. The Labute approximate surface area is 70.8 Å². The second kappa shape index (κ2) is 5.35. The number of hydrogen-bond donors (Lipinski definition) is 1. The molecule has 0 spiro atoms. The van der Waals surface area contributed by atoms with Crippen molar-refractivity contribution in [3.8, 4) is 0 Å². The molecule has 1 atom stereocenters. The minimum absolute atomic E-state index is 0.0848. The van der Waals surface area contributed by atoms with Gasteiger partial charge < -0.3 is 9.84 Å². The lowest BCUT2D eigenvalue weighted by molar-refractivity contribution is -0.147. The zero-order chi connectivity index (χ0) is 9.56. The molecule has 0 fully saturated rings. The van der Waals surface area contributed by atoms with Crippen LogP contribution >= 0.6 is 0 Å². The number of ether oxygens (including phenoxy) is 1. The fourth-order valence-electron chi connectivity index (χ4n) is 0.463. The first kappa shape index (κ1) is 10.7. The number of esters is 1. The highest BCUT2D eigenvalue weighted by atomic mass is 16.5. The van der Waals surface area contributed by atoms with Crippen molar-refractivity contribution in [3.05, 3.63) is 12.2 Å². The molecule has 0 bridgehead atoms. The molecule has 0 aromatic rings. The van der Waals surface area contributed by atoms with Crippen LogP contribution in [0.15, 0.2) is 12.2 Å². The van der Waals surface area contributed by atoms with Crippen molar-refractivity contribution in [2.75, 3.05) is 6.61 Å². The van der Waals surface area contributed by atoms with Crippen molar-refractivity contribution in [1.82, 2.24) is 0 Å². The minimum Gasteiger partial charge on any atom is -0.481 e. The van der Waals surface area contributed by atoms with E-state index in [9.17, 15) is 9.59 Å². The molecule has 0 aliphatic carbocycles. The molecule has 0 aliphatic heterocycles. The zero-order valence-electron chi connectivity index (χ0n) is 7.11. The van der Waals surface area contributed by atoms with Crippen LogP contribution in [-0.2, 0) is 14.3 Å². The van der Waals surface area contributed by atoms with Crippen LogP contribution in [0, 0.1) is 5.92 Å². The topological polar surface area (TPSA) is 63.6 Å². The van der Waals surface area contributed by atoms with Gasteiger partial charge in [0, 0.05) is 6.08 Å². The molecule has 0 radical (unpaired) electrons. The number of allylic oxidation sites excluding steroid dienone is 1. The number of aliphatic carboxylic acids is 1. The van der Waals surface area contributed by atoms with Gasteiger partial charge in [-0.15, -0.1) is 0 Å². The molecule has 12 heavy (non-hydrogen) atoms. The lowest BCUT2D eigenvalue weighted by atomic mass is 10.2. The van der Waals surface area contributed by atoms with Crippen LogP contribution < -0.4 is 0 Å². The highest BCUT2D eigenvalue weighted by Gasteiger charge is 2.12. The summed E-state index contributed by atoms with van der Waals surface area (Å²) in [5, 5.41) is 8.42. The summed E-state index contributed by atoms with van der Waals surface area (Å²) in [6.07, 6.45) is 2.78. The van der Waals surface area contributed by atoms with Crippen LogP contribution in [0.25, 0.3) is 0 Å². The first-order valence-electron chi connectivity index (χ1n) is 3.60. The number of carbonyl (C=O) groups excluding carboxylic acids is 1. The maximum absolute atomic E-state index is 10.7. The van der Waals surface area contributed by atoms with E-state index in [-0.39, 0.29) is 6.61 Å². The summed E-state index contributed by atoms with van der Waals surface area (Å²) < 4.78 is 4.60. The van der Waals surface area contributed by atoms with E-state index in [1.807, 2.05) is 0 Å². The Balaban J connectivity index is 3.68. The summed E-state index contributed by atoms with van der Waals surface area (Å²) in [5.74, 6) is -2.13. The SMILES string of the molecule is CC=CC(=O)OCC(C)C(=O)O. The van der Waals surface area contributed by atoms with Crippen LogP contribution in [0.5, 0.6) is 0 Å². The third-order valence-corrected chi connectivity index (χ3v) is 1.20. The molecule has 1 N–H and O–H groups in total. The van der Waals surface area contributed by atoms with Gasteiger partial charge in [-0.1, -0.05) is 6.08 Å². The smallest absolute Gasteiger partial charge is 0.330 e. The van der Waals surface area contributed by atoms with Gasteiger partial charge in [0.25, 0.3) is 0 Å². The lowest BCUT2D eigenvalue weighted by Gasteiger charge is -2.04. The Morgan fingerprint density at radius 2 is 2.17 bits per heavy atom. The fraction of sp³-hybridized carbons (Fsp3) is 0.500. The summed E-state index contributed by atoms with van der Waals surface area (Å²) >= 11 is 0. The van der Waals surface area contributed by atoms with E-state index in [0.717, 1.165) is 0 Å². The molecule has 0 aliphatic rings. The highest BCUT2D eigenvalue weighted by molar-refractivity contribution is 5.82. The van der Waals surface area contributed by atoms with Gasteiger partial charge in [0.15, 0.2) is 0 Å². The molecular formula is C8H12O4. The van der Waals surface area contributed by atoms with Crippen molar-refractivity contribution in [2.24, 2.45) is 5.92 Å². The molecule has 68 valence electrons. The molecule has 0 saturated carbocycles. The van der Waals surface area contributed by atoms with Crippen molar-refractivity contribution >= 4 is 11.9 Å². The van der Waals surface area contributed by atoms with Gasteiger partial charge in [-0.3, -0.25) is 4.79 Å². The average Bonchev–Trinajstić information content (AvgIpc) is 2.00. The summed E-state index contributed by atoms with van der Waals surface area (Å²) in [7, 11) is 0. The molecule has 0 heterocycles. The molecular weight excluding hydrogens is 160 g/mol. The van der Waals surface area contributed by atoms with Crippen molar-refractivity contribution in [1.29, 1.82) is 0 Å². The number of carboxylic acids is 1. The van der Waals surface area contributed by atoms with Crippen LogP contribution in [0.4, 0.5) is 0 Å². The molecule has 0 rings (SSSR count). The third kappa shape index (κ3) is 4.49. The van der Waals surface area contributed by atoms with Gasteiger partial charge in [0.1, 0.15) is 6.61 Å². The van der Waals surface area contributed by atoms with Gasteiger partial charge in [-0.2, -0.15) is 0 Å². The summed E-state index contributed by atoms with van der Waals surface area (Å²) in [6.45, 7) is 3.08. The second-order valence-corrected chi connectivity index (χ2v) is 2.37. The van der Waals surface area contributed by atoms with Gasteiger partial charge in [-0.25, -0.2) is 4.79 Å². The second-order valence-electron chi connectivity index (χ2n) is 2.37. The normalized spacial score (nSPS) is 12.8. The third-order valence-electron chi connectivity index (χ3n) is 1.20. The average molecular weight is 172 g/mol. The molecule has 0 saturated heterocycles. The van der Waals surface area contributed by atoms with Crippen LogP contribution in [0.3, 0.4) is 0 Å². The van der Waals surface area contributed by atoms with E-state index in [1.54, 1.807) is 6.92 Å². The molecule has 0 amide bonds. The van der Waals surface area contributed by atoms with E-state index < -0.39 is 17.9 Å². The van der Waals surface area contributed by atoms with Crippen LogP contribution in [-0.4, -0.2) is 23.7 Å². The van der Waals surface area contributed by atoms with Gasteiger partial charge in [0.2, 0.25) is 0 Å². The molecule has 0 aromatic carbocycles. The standard InChI is InChI=1S/C8H12O4/c1-3-4-7(9)12-5-6(2)8(10)11/h3-4,6H,5H2,1-2H3,(H,10,11). The zero-order valence-corrected chi connectivity index (χ0v) is 7.11. The van der Waals surface area contributed by atoms with Crippen molar-refractivity contribution in [2.45, 2.75) is 13.8 Å². The van der Waals surface area contributed by atoms with Crippen LogP contribution in [0.2, 0.25) is 0 Å². The Hall–Kier alpha value is -1.32. The Morgan fingerprint density at radius 1 is 1.58 bits per heavy atom. The molecule has 0 aromatic heterocycles. The number of hydrogen-bond acceptors (Lipinski definition) is 3. The first-order valence-corrected chi connectivity index (χ1v) is 3.60. The Kier molecular flexibility index (Phi) is 4.76. The van der Waals surface area contributed by atoms with E-state index in [1.165, 1.54) is 19.1 Å². The quantitative estimate of drug-likeness (QED) is 0.503. The predicted octanol–water partition coefficient (Wildman–Crippen LogP) is 0.826.